The maximum Gasteiger partial charge on any atom is 0.337 e. The first kappa shape index (κ1) is 41.3. The number of ether oxygens (including phenoxy) is 6. The van der Waals surface area contributed by atoms with Crippen LogP contribution in [0.2, 0.25) is 0 Å². The van der Waals surface area contributed by atoms with Crippen molar-refractivity contribution in [3.8, 4) is 45.4 Å². The Bertz CT molecular complexity index is 2120. The molecular weight excluding hydrogens is 714 g/mol. The normalized spacial score (nSPS) is 11.0. The number of nitrogens with two attached hydrogens (primary N) is 1. The number of nitrogens with zero attached hydrogens (tertiary/aromatic N) is 2. The summed E-state index contributed by atoms with van der Waals surface area (Å²) in [5.41, 5.74) is 12.7. The van der Waals surface area contributed by atoms with Crippen LogP contribution < -0.4 is 15.2 Å². The second-order valence-corrected chi connectivity index (χ2v) is 13.1. The number of rotatable bonds is 19. The van der Waals surface area contributed by atoms with Crippen molar-refractivity contribution >= 4 is 17.7 Å². The Morgan fingerprint density at radius 1 is 0.643 bits per heavy atom. The summed E-state index contributed by atoms with van der Waals surface area (Å²) in [5.74, 6) is 0.745. The van der Waals surface area contributed by atoms with Gasteiger partial charge in [-0.2, -0.15) is 0 Å². The molecule has 1 heterocycles. The van der Waals surface area contributed by atoms with Crippen molar-refractivity contribution in [2.75, 3.05) is 61.4 Å². The number of Topliss-reactive ketones (excluding diaryl/α,β-unsaturated/α-hetero) is 1. The smallest absolute Gasteiger partial charge is 0.337 e. The molecule has 0 atom stereocenters. The first-order valence-corrected chi connectivity index (χ1v) is 18.3. The third kappa shape index (κ3) is 9.88. The van der Waals surface area contributed by atoms with Crippen LogP contribution in [0.5, 0.6) is 11.5 Å². The van der Waals surface area contributed by atoms with Gasteiger partial charge in [-0.1, -0.05) is 24.3 Å². The number of ketones is 1. The topological polar surface area (TPSA) is 150 Å². The van der Waals surface area contributed by atoms with Crippen molar-refractivity contribution in [1.82, 2.24) is 9.55 Å². The second kappa shape index (κ2) is 19.7. The minimum absolute atomic E-state index is 0.0179. The Morgan fingerprint density at radius 3 is 1.77 bits per heavy atom. The maximum absolute atomic E-state index is 13.1. The number of hydrogen-bond acceptors (Lipinski definition) is 11. The molecule has 0 amide bonds. The van der Waals surface area contributed by atoms with Crippen LogP contribution in [0.4, 0.5) is 0 Å². The lowest BCUT2D eigenvalue weighted by Gasteiger charge is -2.16. The number of imidazole rings is 1. The Morgan fingerprint density at radius 2 is 1.21 bits per heavy atom. The van der Waals surface area contributed by atoms with Crippen molar-refractivity contribution in [2.45, 2.75) is 33.2 Å². The summed E-state index contributed by atoms with van der Waals surface area (Å²) in [5, 5.41) is 0. The summed E-state index contributed by atoms with van der Waals surface area (Å²) in [6.45, 7) is 6.60. The maximum atomic E-state index is 13.1. The Kier molecular flexibility index (Phi) is 14.5. The average molecular weight is 764 g/mol. The van der Waals surface area contributed by atoms with Crippen molar-refractivity contribution in [1.29, 1.82) is 0 Å². The molecule has 0 radical (unpaired) electrons. The van der Waals surface area contributed by atoms with Crippen LogP contribution in [0, 0.1) is 13.8 Å². The standard InChI is InChI=1S/C44H49N3O9/c1-28-22-32(13-15-38(28)51-3)40-41(33-14-16-39(52-4)29(2)23-33)47(42(46-40)34-24-35(43(49)53-5)26-36(25-34)44(50)54-6)27-30-9-11-31(12-10-30)37(48)8-7-18-55-20-21-56-19-17-45/h9-16,22-26H,7-8,17-21,27,45H2,1-6H3. The van der Waals surface area contributed by atoms with Crippen LogP contribution in [0.1, 0.15) is 60.6 Å². The van der Waals surface area contributed by atoms with E-state index in [0.717, 1.165) is 45.0 Å². The van der Waals surface area contributed by atoms with Gasteiger partial charge in [-0.3, -0.25) is 4.79 Å². The monoisotopic (exact) mass is 763 g/mol. The molecule has 0 fully saturated rings. The molecule has 0 saturated carbocycles. The molecular formula is C44H49N3O9. The number of carbonyl (C=O) groups is 3. The highest BCUT2D eigenvalue weighted by molar-refractivity contribution is 5.98. The Hall–Kier alpha value is -5.82. The van der Waals surface area contributed by atoms with Crippen molar-refractivity contribution < 1.29 is 42.8 Å². The molecule has 5 aromatic rings. The van der Waals surface area contributed by atoms with E-state index in [1.165, 1.54) is 20.3 Å². The minimum Gasteiger partial charge on any atom is -0.496 e. The average Bonchev–Trinajstić information content (AvgIpc) is 3.59. The zero-order chi connectivity index (χ0) is 40.2. The predicted octanol–water partition coefficient (Wildman–Crippen LogP) is 7.09. The first-order chi connectivity index (χ1) is 27.1. The van der Waals surface area contributed by atoms with Gasteiger partial charge < -0.3 is 38.7 Å². The zero-order valence-electron chi connectivity index (χ0n) is 32.8. The SMILES string of the molecule is COC(=O)c1cc(C(=O)OC)cc(-c2nc(-c3ccc(OC)c(C)c3)c(-c3ccc(OC)c(C)c3)n2Cc2ccc(C(=O)CCCOCCOCCN)cc2)c1. The first-order valence-electron chi connectivity index (χ1n) is 18.3. The van der Waals surface area contributed by atoms with E-state index in [2.05, 4.69) is 4.57 Å². The number of aryl methyl sites for hydroxylation is 2. The third-order valence-electron chi connectivity index (χ3n) is 9.28. The van der Waals surface area contributed by atoms with E-state index in [-0.39, 0.29) is 16.9 Å². The van der Waals surface area contributed by atoms with Gasteiger partial charge in [0, 0.05) is 48.4 Å². The molecule has 0 bridgehead atoms. The molecule has 0 aliphatic rings. The number of hydrogen-bond donors (Lipinski definition) is 1. The third-order valence-corrected chi connectivity index (χ3v) is 9.28. The van der Waals surface area contributed by atoms with Crippen LogP contribution in [-0.2, 0) is 25.5 Å². The lowest BCUT2D eigenvalue weighted by molar-refractivity contribution is 0.0489. The summed E-state index contributed by atoms with van der Waals surface area (Å²) in [6.07, 6.45) is 0.936. The second-order valence-electron chi connectivity index (χ2n) is 13.1. The molecule has 56 heavy (non-hydrogen) atoms. The van der Waals surface area contributed by atoms with Gasteiger partial charge in [0.15, 0.2) is 5.78 Å². The molecule has 0 unspecified atom stereocenters. The largest absolute Gasteiger partial charge is 0.496 e. The number of methoxy groups -OCH3 is 4. The quantitative estimate of drug-likeness (QED) is 0.0522. The molecule has 0 spiro atoms. The van der Waals surface area contributed by atoms with Crippen LogP contribution >= 0.6 is 0 Å². The molecule has 294 valence electrons. The fourth-order valence-corrected chi connectivity index (χ4v) is 6.46. The van der Waals surface area contributed by atoms with E-state index in [1.807, 2.05) is 74.5 Å². The molecule has 0 aliphatic heterocycles. The van der Waals surface area contributed by atoms with Crippen LogP contribution in [0.25, 0.3) is 33.9 Å². The molecule has 5 rings (SSSR count). The summed E-state index contributed by atoms with van der Waals surface area (Å²) >= 11 is 0. The molecule has 4 aromatic carbocycles. The van der Waals surface area contributed by atoms with E-state index in [0.29, 0.717) is 75.0 Å². The van der Waals surface area contributed by atoms with Gasteiger partial charge in [-0.25, -0.2) is 14.6 Å². The van der Waals surface area contributed by atoms with Crippen molar-refractivity contribution in [3.63, 3.8) is 0 Å². The van der Waals surface area contributed by atoms with Gasteiger partial charge in [0.25, 0.3) is 0 Å². The van der Waals surface area contributed by atoms with Gasteiger partial charge in [-0.05, 0) is 91.6 Å². The number of benzene rings is 4. The fraction of sp³-hybridized carbons (Fsp3) is 0.318. The fourth-order valence-electron chi connectivity index (χ4n) is 6.46. The Balaban J connectivity index is 1.62. The van der Waals surface area contributed by atoms with Gasteiger partial charge in [0.2, 0.25) is 0 Å². The van der Waals surface area contributed by atoms with Gasteiger partial charge in [0.1, 0.15) is 17.3 Å². The summed E-state index contributed by atoms with van der Waals surface area (Å²) in [7, 11) is 5.83. The van der Waals surface area contributed by atoms with Crippen LogP contribution in [0.15, 0.2) is 78.9 Å². The highest BCUT2D eigenvalue weighted by atomic mass is 16.5. The zero-order valence-corrected chi connectivity index (χ0v) is 32.8. The molecule has 2 N–H and O–H groups in total. The number of carbonyl (C=O) groups excluding carboxylic acids is 3. The highest BCUT2D eigenvalue weighted by Crippen LogP contribution is 2.40. The number of aromatic nitrogens is 2. The summed E-state index contributed by atoms with van der Waals surface area (Å²) in [6, 6.07) is 24.1. The van der Waals surface area contributed by atoms with Crippen molar-refractivity contribution in [2.24, 2.45) is 5.73 Å². The molecule has 12 nitrogen and oxygen atoms in total. The van der Waals surface area contributed by atoms with E-state index in [1.54, 1.807) is 26.4 Å². The number of esters is 2. The summed E-state index contributed by atoms with van der Waals surface area (Å²) < 4.78 is 34.2. The van der Waals surface area contributed by atoms with Gasteiger partial charge in [-0.15, -0.1) is 0 Å². The van der Waals surface area contributed by atoms with E-state index >= 15 is 0 Å². The molecule has 12 heteroatoms. The summed E-state index contributed by atoms with van der Waals surface area (Å²) in [4.78, 5) is 44.2. The van der Waals surface area contributed by atoms with E-state index < -0.39 is 11.9 Å². The van der Waals surface area contributed by atoms with Crippen LogP contribution in [-0.4, -0.2) is 88.7 Å². The lowest BCUT2D eigenvalue weighted by atomic mass is 10.0. The van der Waals surface area contributed by atoms with Crippen LogP contribution in [0.3, 0.4) is 0 Å². The lowest BCUT2D eigenvalue weighted by Crippen LogP contribution is -2.12. The molecule has 1 aromatic heterocycles. The van der Waals surface area contributed by atoms with Crippen molar-refractivity contribution in [3.05, 3.63) is 112 Å². The Labute approximate surface area is 327 Å². The highest BCUT2D eigenvalue weighted by Gasteiger charge is 2.25. The van der Waals surface area contributed by atoms with E-state index in [4.69, 9.17) is 39.1 Å². The molecule has 0 aliphatic carbocycles. The van der Waals surface area contributed by atoms with E-state index in [9.17, 15) is 14.4 Å². The van der Waals surface area contributed by atoms with Gasteiger partial charge >= 0.3 is 11.9 Å². The molecule has 0 saturated heterocycles. The minimum atomic E-state index is -0.615. The van der Waals surface area contributed by atoms with Gasteiger partial charge in [0.05, 0.1) is 70.8 Å². The predicted molar refractivity (Wildman–Crippen MR) is 214 cm³/mol.